The summed E-state index contributed by atoms with van der Waals surface area (Å²) in [7, 11) is -3.85. The van der Waals surface area contributed by atoms with E-state index in [1.54, 1.807) is 18.2 Å². The molecule has 23 heavy (non-hydrogen) atoms. The third-order valence-electron chi connectivity index (χ3n) is 3.65. The molecule has 3 rings (SSSR count). The molecule has 0 saturated carbocycles. The number of sulfonamides is 1. The van der Waals surface area contributed by atoms with Crippen molar-refractivity contribution in [2.24, 2.45) is 0 Å². The molecule has 0 radical (unpaired) electrons. The summed E-state index contributed by atoms with van der Waals surface area (Å²) in [4.78, 5) is 14.3. The van der Waals surface area contributed by atoms with E-state index in [1.807, 2.05) is 30.3 Å². The first-order valence-electron chi connectivity index (χ1n) is 7.14. The van der Waals surface area contributed by atoms with Gasteiger partial charge in [0.25, 0.3) is 10.0 Å². The predicted octanol–water partition coefficient (Wildman–Crippen LogP) is 3.00. The van der Waals surface area contributed by atoms with Gasteiger partial charge in [-0.05, 0) is 17.7 Å². The SMILES string of the molecule is C=CCN1C(=O)N(Cc2ccccc2)c2ccccc2S1(=O)=O. The lowest BCUT2D eigenvalue weighted by molar-refractivity contribution is 0.230. The van der Waals surface area contributed by atoms with Gasteiger partial charge in [0.05, 0.1) is 18.8 Å². The molecule has 0 saturated heterocycles. The van der Waals surface area contributed by atoms with Crippen LogP contribution in [0.15, 0.2) is 72.1 Å². The van der Waals surface area contributed by atoms with Gasteiger partial charge in [0.15, 0.2) is 0 Å². The largest absolute Gasteiger partial charge is 0.339 e. The lowest BCUT2D eigenvalue weighted by Gasteiger charge is -2.35. The molecule has 1 heterocycles. The number of amides is 2. The quantitative estimate of drug-likeness (QED) is 0.811. The minimum atomic E-state index is -3.85. The summed E-state index contributed by atoms with van der Waals surface area (Å²) in [6, 6.07) is 15.4. The number of hydrogen-bond acceptors (Lipinski definition) is 3. The first kappa shape index (κ1) is 15.3. The molecule has 0 bridgehead atoms. The topological polar surface area (TPSA) is 57.7 Å². The second-order valence-corrected chi connectivity index (χ2v) is 6.98. The van der Waals surface area contributed by atoms with E-state index in [4.69, 9.17) is 0 Å². The van der Waals surface area contributed by atoms with Crippen molar-refractivity contribution >= 4 is 21.7 Å². The van der Waals surface area contributed by atoms with Crippen LogP contribution in [-0.2, 0) is 16.6 Å². The number of anilines is 1. The van der Waals surface area contributed by atoms with Gasteiger partial charge >= 0.3 is 6.03 Å². The van der Waals surface area contributed by atoms with Crippen LogP contribution in [0.25, 0.3) is 0 Å². The molecule has 0 aromatic heterocycles. The van der Waals surface area contributed by atoms with Crippen LogP contribution in [0.2, 0.25) is 0 Å². The summed E-state index contributed by atoms with van der Waals surface area (Å²) >= 11 is 0. The molecule has 0 spiro atoms. The Morgan fingerprint density at radius 2 is 1.65 bits per heavy atom. The molecule has 2 aromatic carbocycles. The van der Waals surface area contributed by atoms with Gasteiger partial charge in [-0.3, -0.25) is 4.90 Å². The molecule has 1 aliphatic rings. The highest BCUT2D eigenvalue weighted by atomic mass is 32.2. The van der Waals surface area contributed by atoms with Crippen LogP contribution in [0.1, 0.15) is 5.56 Å². The van der Waals surface area contributed by atoms with Gasteiger partial charge in [-0.25, -0.2) is 17.5 Å². The Bertz CT molecular complexity index is 847. The fourth-order valence-electron chi connectivity index (χ4n) is 2.57. The van der Waals surface area contributed by atoms with Crippen molar-refractivity contribution in [2.75, 3.05) is 11.4 Å². The molecule has 1 aliphatic heterocycles. The summed E-state index contributed by atoms with van der Waals surface area (Å²) in [5.74, 6) is 0. The maximum Gasteiger partial charge on any atom is 0.339 e. The van der Waals surface area contributed by atoms with Crippen molar-refractivity contribution in [2.45, 2.75) is 11.4 Å². The Morgan fingerprint density at radius 1 is 1.00 bits per heavy atom. The van der Waals surface area contributed by atoms with Gasteiger partial charge in [-0.2, -0.15) is 0 Å². The molecule has 118 valence electrons. The van der Waals surface area contributed by atoms with Gasteiger partial charge in [0, 0.05) is 0 Å². The molecule has 0 N–H and O–H groups in total. The van der Waals surface area contributed by atoms with Crippen molar-refractivity contribution in [3.8, 4) is 0 Å². The van der Waals surface area contributed by atoms with Gasteiger partial charge in [0.2, 0.25) is 0 Å². The minimum absolute atomic E-state index is 0.0548. The lowest BCUT2D eigenvalue weighted by Crippen LogP contribution is -2.50. The van der Waals surface area contributed by atoms with Crippen molar-refractivity contribution in [1.29, 1.82) is 0 Å². The van der Waals surface area contributed by atoms with E-state index in [2.05, 4.69) is 6.58 Å². The summed E-state index contributed by atoms with van der Waals surface area (Å²) in [6.45, 7) is 3.79. The standard InChI is InChI=1S/C17H16N2O3S/c1-2-12-19-17(20)18(13-14-8-4-3-5-9-14)15-10-6-7-11-16(15)23(19,21)22/h2-11H,1,12-13H2. The zero-order valence-corrected chi connectivity index (χ0v) is 13.2. The Hall–Kier alpha value is -2.60. The molecular formula is C17H16N2O3S. The highest BCUT2D eigenvalue weighted by Crippen LogP contribution is 2.34. The van der Waals surface area contributed by atoms with Crippen molar-refractivity contribution < 1.29 is 13.2 Å². The van der Waals surface area contributed by atoms with Crippen LogP contribution in [0.5, 0.6) is 0 Å². The van der Waals surface area contributed by atoms with Gasteiger partial charge < -0.3 is 0 Å². The van der Waals surface area contributed by atoms with E-state index in [-0.39, 0.29) is 11.4 Å². The second-order valence-electron chi connectivity index (χ2n) is 5.15. The average Bonchev–Trinajstić information content (AvgIpc) is 2.57. The number of carbonyl (C=O) groups excluding carboxylic acids is 1. The van der Waals surface area contributed by atoms with Gasteiger partial charge in [-0.15, -0.1) is 6.58 Å². The number of carbonyl (C=O) groups is 1. The first-order chi connectivity index (χ1) is 11.1. The van der Waals surface area contributed by atoms with E-state index in [0.29, 0.717) is 12.2 Å². The van der Waals surface area contributed by atoms with Crippen LogP contribution in [0, 0.1) is 0 Å². The highest BCUT2D eigenvalue weighted by molar-refractivity contribution is 7.90. The van der Waals surface area contributed by atoms with E-state index < -0.39 is 16.1 Å². The smallest absolute Gasteiger partial charge is 0.288 e. The third kappa shape index (κ3) is 2.61. The van der Waals surface area contributed by atoms with Crippen LogP contribution >= 0.6 is 0 Å². The summed E-state index contributed by atoms with van der Waals surface area (Å²) in [5.41, 5.74) is 1.33. The Balaban J connectivity index is 2.11. The fraction of sp³-hybridized carbons (Fsp3) is 0.118. The number of benzene rings is 2. The number of rotatable bonds is 4. The van der Waals surface area contributed by atoms with Crippen molar-refractivity contribution in [3.05, 3.63) is 72.8 Å². The number of hydrogen-bond donors (Lipinski definition) is 0. The van der Waals surface area contributed by atoms with Gasteiger partial charge in [-0.1, -0.05) is 48.5 Å². The van der Waals surface area contributed by atoms with Crippen molar-refractivity contribution in [3.63, 3.8) is 0 Å². The van der Waals surface area contributed by atoms with Crippen LogP contribution < -0.4 is 4.90 Å². The van der Waals surface area contributed by atoms with E-state index >= 15 is 0 Å². The maximum atomic E-state index is 12.7. The number of nitrogens with zero attached hydrogens (tertiary/aromatic N) is 2. The van der Waals surface area contributed by atoms with Crippen LogP contribution in [0.4, 0.5) is 10.5 Å². The average molecular weight is 328 g/mol. The Labute approximate surface area is 135 Å². The number of para-hydroxylation sites is 1. The molecule has 0 unspecified atom stereocenters. The lowest BCUT2D eigenvalue weighted by atomic mass is 10.2. The number of fused-ring (bicyclic) bond motifs is 1. The minimum Gasteiger partial charge on any atom is -0.288 e. The zero-order chi connectivity index (χ0) is 16.4. The first-order valence-corrected chi connectivity index (χ1v) is 8.58. The molecule has 2 aromatic rings. The van der Waals surface area contributed by atoms with Gasteiger partial charge in [0.1, 0.15) is 4.90 Å². The maximum absolute atomic E-state index is 12.7. The van der Waals surface area contributed by atoms with Crippen molar-refractivity contribution in [1.82, 2.24) is 4.31 Å². The summed E-state index contributed by atoms with van der Waals surface area (Å²) in [5, 5.41) is 0. The molecule has 6 heteroatoms. The molecule has 0 aliphatic carbocycles. The van der Waals surface area contributed by atoms with Crippen LogP contribution in [0.3, 0.4) is 0 Å². The number of urea groups is 1. The Morgan fingerprint density at radius 3 is 2.35 bits per heavy atom. The predicted molar refractivity (Wildman–Crippen MR) is 88.6 cm³/mol. The normalized spacial score (nSPS) is 16.1. The molecule has 0 fully saturated rings. The van der Waals surface area contributed by atoms with E-state index in [9.17, 15) is 13.2 Å². The molecular weight excluding hydrogens is 312 g/mol. The van der Waals surface area contributed by atoms with E-state index in [1.165, 1.54) is 17.0 Å². The third-order valence-corrected chi connectivity index (χ3v) is 5.43. The zero-order valence-electron chi connectivity index (χ0n) is 12.4. The Kier molecular flexibility index (Phi) is 3.92. The fourth-order valence-corrected chi connectivity index (χ4v) is 4.11. The summed E-state index contributed by atoms with van der Waals surface area (Å²) in [6.07, 6.45) is 1.41. The highest BCUT2D eigenvalue weighted by Gasteiger charge is 2.40. The molecule has 0 atom stereocenters. The molecule has 5 nitrogen and oxygen atoms in total. The van der Waals surface area contributed by atoms with E-state index in [0.717, 1.165) is 9.87 Å². The second kappa shape index (κ2) is 5.89. The summed E-state index contributed by atoms with van der Waals surface area (Å²) < 4.78 is 26.1. The molecule has 2 amide bonds. The van der Waals surface area contributed by atoms with Crippen LogP contribution in [-0.4, -0.2) is 25.3 Å². The monoisotopic (exact) mass is 328 g/mol.